The van der Waals surface area contributed by atoms with E-state index in [1.54, 1.807) is 0 Å². The Morgan fingerprint density at radius 1 is 0.187 bits per heavy atom. The van der Waals surface area contributed by atoms with Crippen LogP contribution in [0.25, 0.3) is 0 Å². The van der Waals surface area contributed by atoms with Gasteiger partial charge in [-0.25, -0.2) is 0 Å². The van der Waals surface area contributed by atoms with E-state index in [0.717, 1.165) is 104 Å². The summed E-state index contributed by atoms with van der Waals surface area (Å²) in [7, 11) is 2.21. The molecule has 0 aliphatic carbocycles. The summed E-state index contributed by atoms with van der Waals surface area (Å²) >= 11 is 6.05. The second kappa shape index (κ2) is 56.4. The maximum atomic E-state index is 13.6. The van der Waals surface area contributed by atoms with Crippen LogP contribution in [0.15, 0.2) is 0 Å². The highest BCUT2D eigenvalue weighted by Crippen LogP contribution is 2.43. The molecule has 0 aromatic carbocycles. The third-order valence-corrected chi connectivity index (χ3v) is 31.7. The van der Waals surface area contributed by atoms with Crippen LogP contribution < -0.4 is 0 Å². The maximum absolute atomic E-state index is 13.6. The van der Waals surface area contributed by atoms with Crippen molar-refractivity contribution in [1.29, 1.82) is 0 Å². The summed E-state index contributed by atoms with van der Waals surface area (Å²) in [5.74, 6) is -14.8. The molecule has 30 saturated heterocycles. The zero-order chi connectivity index (χ0) is 98.1. The van der Waals surface area contributed by atoms with Crippen LogP contribution in [0.3, 0.4) is 0 Å². The SMILES string of the molecule is O=C(O)CCSC[C@H]1O[C@@H]2O[C@H]3[C@H](O)[C@@H](O)[C@@H](O[C@H]4[C@H](O)[C@@H](O)[C@@H](O[C@H]5[C@H](O)[C@@H](O)[C@@H](O[C@H]6[C@H](O)[C@@H](O)[C@@H](O[C@H]7[C@H](O)[C@@H](O)[C@@H](O[C@H]8[C@H](O)[C@@H](O)[C@@H](O[C@H]9[C@H](O)[C@@H](O)[C@@H](O[C@H]1[C@H](O)[C@H]2O)O[C@@H]9COC(=O)CCSSCCC(=O)O)O[C@@H]8CSCCC(=O)O)O[C@@H]7CSCCC(=O)O)O[C@@H]6CSCCC(=O)O)O[C@@H]5CSCCC(=O)O)O[C@@H]4CSCCC(=O)O)O[C@@H]3CSCCC(=O)O. The Morgan fingerprint density at radius 2 is 0.328 bits per heavy atom. The number of aliphatic hydroxyl groups is 16. The zero-order valence-corrected chi connectivity index (χ0v) is 78.3. The van der Waals surface area contributed by atoms with Gasteiger partial charge < -0.3 is 203 Å². The van der Waals surface area contributed by atoms with Gasteiger partial charge in [-0.05, 0) is 0 Å². The van der Waals surface area contributed by atoms with Crippen molar-refractivity contribution in [2.45, 2.75) is 303 Å². The van der Waals surface area contributed by atoms with E-state index in [4.69, 9.17) is 85.6 Å². The highest BCUT2D eigenvalue weighted by atomic mass is 33.1. The van der Waals surface area contributed by atoms with Crippen molar-refractivity contribution in [3.8, 4) is 0 Å². The first-order valence-electron chi connectivity index (χ1n) is 42.2. The fourth-order valence-corrected chi connectivity index (χ4v) is 23.8. The molecule has 30 heterocycles. The summed E-state index contributed by atoms with van der Waals surface area (Å²) in [6, 6.07) is 0. The summed E-state index contributed by atoms with van der Waals surface area (Å²) < 4.78 is 106. The number of aliphatic hydroxyl groups excluding tert-OH is 16. The van der Waals surface area contributed by atoms with E-state index in [2.05, 4.69) is 0 Å². The van der Waals surface area contributed by atoms with Crippen LogP contribution in [0.4, 0.5) is 0 Å². The lowest BCUT2D eigenvalue weighted by Crippen LogP contribution is -2.69. The van der Waals surface area contributed by atoms with Gasteiger partial charge in [-0.2, -0.15) is 82.3 Å². The smallest absolute Gasteiger partial charge is 0.306 e. The molecule has 30 rings (SSSR count). The summed E-state index contributed by atoms with van der Waals surface area (Å²) in [5.41, 5.74) is 0. The van der Waals surface area contributed by atoms with Crippen molar-refractivity contribution in [2.75, 3.05) is 98.7 Å². The highest BCUT2D eigenvalue weighted by molar-refractivity contribution is 8.76. The van der Waals surface area contributed by atoms with Crippen LogP contribution in [0, 0.1) is 0 Å². The standard InChI is InChI=1S/C75H116O50S9/c76-35(77)1-10-126-20-28-61-46(95)54(103)70(112-28)121-63-30(22-128-12-3-37(80)81)114-72(56(105)48(63)97)123-65-32(24-130-14-5-39(84)85)116-74(58(107)50(65)99)125-67-34(26-132-16-7-41(88)89)117-75(59(108)51(67)100)124-66-33(25-131-15-6-40(86)87)115-73(57(106)49(66)98)122-64-31(23-129-13-4-38(82)83)113-71(55(104)47(64)96)120-62-29(21-127-11-2-36(78)79)111-69(53(102)45(62)94)118-60-27(110-68(119-61)52(101)44(60)93)19-109-43(92)9-18-134-133-17-8-42(90)91/h27-34,44-75,93-108H,1-26H2,(H,76,77)(H,78,79)(H,80,81)(H,82,83)(H,84,85)(H,86,87)(H,88,89)(H,90,91)/t27-,28-,29-,30-,31-,32-,33-,34-,44-,45-,46-,47-,48-,49-,50-,51-,52-,53-,54-,55-,56-,57-,58-,59-,60-,61-,62-,63-,64-,65-,66-,67-,68-,69-,70-,71-,72-,73-,74-,75-/m1/s1. The lowest BCUT2D eigenvalue weighted by atomic mass is 9.95. The van der Waals surface area contributed by atoms with Crippen molar-refractivity contribution >= 4 is 158 Å². The van der Waals surface area contributed by atoms with Gasteiger partial charge in [0.2, 0.25) is 0 Å². The lowest BCUT2D eigenvalue weighted by Gasteiger charge is -2.51. The molecule has 40 atom stereocenters. The fourth-order valence-electron chi connectivity index (χ4n) is 14.9. The lowest BCUT2D eigenvalue weighted by molar-refractivity contribution is -0.397. The number of carbonyl (C=O) groups is 9. The van der Waals surface area contributed by atoms with Crippen molar-refractivity contribution < 1.29 is 246 Å². The van der Waals surface area contributed by atoms with Gasteiger partial charge in [-0.1, -0.05) is 21.6 Å². The number of hydrogen-bond acceptors (Lipinski definition) is 51. The molecule has 24 N–H and O–H groups in total. The molecule has 30 aliphatic rings. The van der Waals surface area contributed by atoms with E-state index >= 15 is 0 Å². The monoisotopic (exact) mass is 2100 g/mol. The minimum atomic E-state index is -2.42. The van der Waals surface area contributed by atoms with E-state index in [1.165, 1.54) is 0 Å². The number of aliphatic carboxylic acids is 8. The molecule has 30 fully saturated rings. The van der Waals surface area contributed by atoms with Crippen LogP contribution in [0.2, 0.25) is 0 Å². The Bertz CT molecular complexity index is 3520. The zero-order valence-electron chi connectivity index (χ0n) is 71.0. The molecule has 50 nitrogen and oxygen atoms in total. The van der Waals surface area contributed by atoms with Gasteiger partial charge in [0.05, 0.1) is 101 Å². The van der Waals surface area contributed by atoms with Crippen LogP contribution in [-0.2, 0) is 124 Å². The largest absolute Gasteiger partial charge is 0.481 e. The molecule has 0 radical (unpaired) electrons. The first-order chi connectivity index (χ1) is 63.6. The van der Waals surface area contributed by atoms with Gasteiger partial charge in [0.25, 0.3) is 0 Å². The Hall–Kier alpha value is -2.90. The Morgan fingerprint density at radius 3 is 0.493 bits per heavy atom. The van der Waals surface area contributed by atoms with Gasteiger partial charge in [0.15, 0.2) is 50.3 Å². The van der Waals surface area contributed by atoms with Crippen molar-refractivity contribution in [1.82, 2.24) is 0 Å². The molecule has 134 heavy (non-hydrogen) atoms. The Labute approximate surface area is 801 Å². The second-order valence-corrected chi connectivity index (χ2v) is 42.5. The molecule has 0 unspecified atom stereocenters. The predicted octanol–water partition coefficient (Wildman–Crippen LogP) is -7.10. The Kier molecular flexibility index (Phi) is 48.3. The molecule has 59 heteroatoms. The van der Waals surface area contributed by atoms with E-state index in [0.29, 0.717) is 0 Å². The summed E-state index contributed by atoms with van der Waals surface area (Å²) in [5, 5.41) is 273. The number of rotatable bonds is 44. The highest BCUT2D eigenvalue weighted by Gasteiger charge is 2.61. The van der Waals surface area contributed by atoms with Gasteiger partial charge in [-0.15, -0.1) is 0 Å². The minimum absolute atomic E-state index is 0.0273. The fraction of sp³-hybridized carbons (Fsp3) is 0.880. The quantitative estimate of drug-likeness (QED) is 0.0153. The van der Waals surface area contributed by atoms with E-state index in [1.807, 2.05) is 0 Å². The molecule has 16 bridgehead atoms. The molecular formula is C75H116O50S9. The van der Waals surface area contributed by atoms with Crippen molar-refractivity contribution in [2.24, 2.45) is 0 Å². The Balaban J connectivity index is 1.12. The topological polar surface area (TPSA) is 796 Å². The van der Waals surface area contributed by atoms with E-state index < -0.39 is 391 Å². The molecule has 30 aliphatic heterocycles. The van der Waals surface area contributed by atoms with Crippen molar-refractivity contribution in [3.63, 3.8) is 0 Å². The van der Waals surface area contributed by atoms with Gasteiger partial charge in [0.1, 0.15) is 159 Å². The molecule has 0 saturated carbocycles. The summed E-state index contributed by atoms with van der Waals surface area (Å²) in [6.07, 6.45) is -88.0. The second-order valence-electron chi connectivity index (χ2n) is 31.7. The predicted molar refractivity (Wildman–Crippen MR) is 464 cm³/mol. The summed E-state index contributed by atoms with van der Waals surface area (Å²) in [4.78, 5) is 108. The number of carboxylic acid groups (broad SMARTS) is 8. The first-order valence-corrected chi connectivity index (χ1v) is 52.8. The molecular weight excluding hydrogens is 1990 g/mol. The molecule has 0 spiro atoms. The van der Waals surface area contributed by atoms with Crippen molar-refractivity contribution in [3.05, 3.63) is 0 Å². The van der Waals surface area contributed by atoms with Crippen LogP contribution in [0.5, 0.6) is 0 Å². The first kappa shape index (κ1) is 115. The molecule has 0 amide bonds. The third kappa shape index (κ3) is 33.3. The van der Waals surface area contributed by atoms with E-state index in [-0.39, 0.29) is 64.6 Å². The van der Waals surface area contributed by atoms with Crippen LogP contribution in [-0.4, -0.2) is 521 Å². The molecule has 770 valence electrons. The average Bonchev–Trinajstić information content (AvgIpc) is 0.767. The number of carboxylic acids is 8. The number of thioether (sulfide) groups is 7. The van der Waals surface area contributed by atoms with Gasteiger partial charge in [0, 0.05) is 92.0 Å². The summed E-state index contributed by atoms with van der Waals surface area (Å²) in [6.45, 7) is -0.977. The third-order valence-electron chi connectivity index (χ3n) is 21.9. The van der Waals surface area contributed by atoms with Crippen LogP contribution >= 0.6 is 104 Å². The van der Waals surface area contributed by atoms with Crippen LogP contribution in [0.1, 0.15) is 57.8 Å². The van der Waals surface area contributed by atoms with Gasteiger partial charge in [-0.3, -0.25) is 43.2 Å². The number of hydrogen-bond donors (Lipinski definition) is 24. The number of ether oxygens (including phenoxy) is 17. The van der Waals surface area contributed by atoms with E-state index in [9.17, 15) is 161 Å². The molecule has 0 aromatic heterocycles. The molecule has 0 aromatic rings. The number of carbonyl (C=O) groups excluding carboxylic acids is 1. The normalized spacial score (nSPS) is 40.1. The number of esters is 1. The average molecular weight is 2110 g/mol. The maximum Gasteiger partial charge on any atom is 0.306 e. The van der Waals surface area contributed by atoms with Gasteiger partial charge >= 0.3 is 53.7 Å². The minimum Gasteiger partial charge on any atom is -0.481 e.